The molecule has 0 aliphatic heterocycles. The molecule has 2 rings (SSSR count). The highest BCUT2D eigenvalue weighted by Gasteiger charge is 2.13. The van der Waals surface area contributed by atoms with Gasteiger partial charge >= 0.3 is 0 Å². The molecule has 0 saturated carbocycles. The summed E-state index contributed by atoms with van der Waals surface area (Å²) in [6, 6.07) is 3.76. The van der Waals surface area contributed by atoms with E-state index in [2.05, 4.69) is 10.2 Å². The van der Waals surface area contributed by atoms with Crippen LogP contribution >= 0.6 is 46.5 Å². The SMILES string of the molecule is CSCc1nnc(SCC(=O)N(C)Cc2ccc(Cl)s2)o1. The molecule has 0 spiro atoms. The van der Waals surface area contributed by atoms with Gasteiger partial charge in [-0.15, -0.1) is 21.5 Å². The maximum absolute atomic E-state index is 12.0. The molecule has 0 N–H and O–H groups in total. The number of halogens is 1. The van der Waals surface area contributed by atoms with Gasteiger partial charge in [-0.2, -0.15) is 11.8 Å². The normalized spacial score (nSPS) is 10.8. The van der Waals surface area contributed by atoms with Crippen molar-refractivity contribution in [3.63, 3.8) is 0 Å². The molecular weight excluding hydrogens is 350 g/mol. The molecule has 2 heterocycles. The van der Waals surface area contributed by atoms with Crippen molar-refractivity contribution in [2.45, 2.75) is 17.5 Å². The number of carbonyl (C=O) groups excluding carboxylic acids is 1. The van der Waals surface area contributed by atoms with Gasteiger partial charge in [0.25, 0.3) is 5.22 Å². The lowest BCUT2D eigenvalue weighted by molar-refractivity contribution is -0.127. The summed E-state index contributed by atoms with van der Waals surface area (Å²) >= 11 is 10.2. The monoisotopic (exact) mass is 363 g/mol. The van der Waals surface area contributed by atoms with E-state index in [1.165, 1.54) is 23.1 Å². The quantitative estimate of drug-likeness (QED) is 0.702. The smallest absolute Gasteiger partial charge is 0.277 e. The third kappa shape index (κ3) is 5.21. The van der Waals surface area contributed by atoms with Crippen molar-refractivity contribution in [2.24, 2.45) is 0 Å². The second-order valence-electron chi connectivity index (χ2n) is 4.14. The Kier molecular flexibility index (Phi) is 6.40. The predicted molar refractivity (Wildman–Crippen MR) is 88.0 cm³/mol. The lowest BCUT2D eigenvalue weighted by Gasteiger charge is -2.15. The van der Waals surface area contributed by atoms with Crippen molar-refractivity contribution < 1.29 is 9.21 Å². The largest absolute Gasteiger partial charge is 0.415 e. The Morgan fingerprint density at radius 1 is 1.48 bits per heavy atom. The number of hydrogen-bond donors (Lipinski definition) is 0. The van der Waals surface area contributed by atoms with Crippen LogP contribution in [0.1, 0.15) is 10.8 Å². The maximum Gasteiger partial charge on any atom is 0.277 e. The fourth-order valence-corrected chi connectivity index (χ4v) is 3.70. The number of thiophene rings is 1. The number of carbonyl (C=O) groups is 1. The summed E-state index contributed by atoms with van der Waals surface area (Å²) in [7, 11) is 1.77. The summed E-state index contributed by atoms with van der Waals surface area (Å²) < 4.78 is 6.14. The Bertz CT molecular complexity index is 602. The first-order valence-electron chi connectivity index (χ1n) is 6.00. The zero-order valence-electron chi connectivity index (χ0n) is 11.5. The van der Waals surface area contributed by atoms with Crippen molar-refractivity contribution in [1.29, 1.82) is 0 Å². The van der Waals surface area contributed by atoms with Crippen LogP contribution in [0, 0.1) is 0 Å². The van der Waals surface area contributed by atoms with E-state index in [4.69, 9.17) is 16.0 Å². The number of rotatable bonds is 7. The topological polar surface area (TPSA) is 59.2 Å². The molecule has 0 aliphatic rings. The predicted octanol–water partition coefficient (Wildman–Crippen LogP) is 3.40. The third-order valence-electron chi connectivity index (χ3n) is 2.48. The van der Waals surface area contributed by atoms with Gasteiger partial charge in [0.2, 0.25) is 11.8 Å². The fourth-order valence-electron chi connectivity index (χ4n) is 1.47. The standard InChI is InChI=1S/C12H14ClN3O2S3/c1-16(5-8-3-4-9(13)21-8)11(17)7-20-12-15-14-10(18-12)6-19-2/h3-4H,5-7H2,1-2H3. The fraction of sp³-hybridized carbons (Fsp3) is 0.417. The number of hydrogen-bond acceptors (Lipinski definition) is 7. The van der Waals surface area contributed by atoms with Crippen LogP contribution in [0.3, 0.4) is 0 Å². The molecule has 0 radical (unpaired) electrons. The van der Waals surface area contributed by atoms with Crippen molar-refractivity contribution in [2.75, 3.05) is 19.1 Å². The van der Waals surface area contributed by atoms with Crippen LogP contribution in [0.4, 0.5) is 0 Å². The number of nitrogens with zero attached hydrogens (tertiary/aromatic N) is 3. The Hall–Kier alpha value is -0.700. The van der Waals surface area contributed by atoms with Crippen molar-refractivity contribution in [3.8, 4) is 0 Å². The van der Waals surface area contributed by atoms with Crippen molar-refractivity contribution >= 4 is 52.4 Å². The highest BCUT2D eigenvalue weighted by molar-refractivity contribution is 7.99. The Morgan fingerprint density at radius 2 is 2.29 bits per heavy atom. The third-order valence-corrected chi connectivity index (χ3v) is 5.04. The zero-order chi connectivity index (χ0) is 15.2. The Balaban J connectivity index is 1.80. The van der Waals surface area contributed by atoms with Crippen LogP contribution in [0.5, 0.6) is 0 Å². The second kappa shape index (κ2) is 8.07. The molecule has 1 amide bonds. The van der Waals surface area contributed by atoms with Crippen LogP contribution in [0.2, 0.25) is 4.34 Å². The van der Waals surface area contributed by atoms with E-state index in [0.29, 0.717) is 23.4 Å². The van der Waals surface area contributed by atoms with Crippen molar-refractivity contribution in [3.05, 3.63) is 27.2 Å². The number of thioether (sulfide) groups is 2. The van der Waals surface area contributed by atoms with Gasteiger partial charge in [-0.05, 0) is 18.4 Å². The van der Waals surface area contributed by atoms with Gasteiger partial charge in [0.1, 0.15) is 0 Å². The van der Waals surface area contributed by atoms with Crippen molar-refractivity contribution in [1.82, 2.24) is 15.1 Å². The second-order valence-corrected chi connectivity index (χ2v) is 7.73. The molecule has 0 fully saturated rings. The molecule has 0 aromatic carbocycles. The zero-order valence-corrected chi connectivity index (χ0v) is 14.7. The molecule has 2 aromatic heterocycles. The Labute approximate surface area is 140 Å². The highest BCUT2D eigenvalue weighted by atomic mass is 35.5. The number of amides is 1. The molecular formula is C12H14ClN3O2S3. The molecule has 5 nitrogen and oxygen atoms in total. The first kappa shape index (κ1) is 16.7. The minimum Gasteiger partial charge on any atom is -0.415 e. The summed E-state index contributed by atoms with van der Waals surface area (Å²) in [6.07, 6.45) is 1.96. The van der Waals surface area contributed by atoms with E-state index in [0.717, 1.165) is 9.21 Å². The van der Waals surface area contributed by atoms with Crippen LogP contribution in [-0.2, 0) is 17.1 Å². The highest BCUT2D eigenvalue weighted by Crippen LogP contribution is 2.23. The van der Waals surface area contributed by atoms with E-state index in [-0.39, 0.29) is 11.7 Å². The molecule has 2 aromatic rings. The molecule has 0 saturated heterocycles. The minimum absolute atomic E-state index is 0.00846. The van der Waals surface area contributed by atoms with Gasteiger partial charge in [-0.25, -0.2) is 0 Å². The number of aromatic nitrogens is 2. The van der Waals surface area contributed by atoms with Crippen LogP contribution in [0.25, 0.3) is 0 Å². The van der Waals surface area contributed by atoms with E-state index < -0.39 is 0 Å². The van der Waals surface area contributed by atoms with Crippen LogP contribution in [-0.4, -0.2) is 40.1 Å². The summed E-state index contributed by atoms with van der Waals surface area (Å²) in [5.41, 5.74) is 0. The summed E-state index contributed by atoms with van der Waals surface area (Å²) in [6.45, 7) is 0.554. The molecule has 0 atom stereocenters. The van der Waals surface area contributed by atoms with Crippen LogP contribution in [0.15, 0.2) is 21.8 Å². The van der Waals surface area contributed by atoms with E-state index in [1.807, 2.05) is 18.4 Å². The molecule has 9 heteroatoms. The first-order valence-corrected chi connectivity index (χ1v) is 9.58. The minimum atomic E-state index is 0.00846. The summed E-state index contributed by atoms with van der Waals surface area (Å²) in [4.78, 5) is 14.8. The maximum atomic E-state index is 12.0. The van der Waals surface area contributed by atoms with E-state index in [9.17, 15) is 4.79 Å². The van der Waals surface area contributed by atoms with Gasteiger partial charge in [-0.3, -0.25) is 4.79 Å². The lowest BCUT2D eigenvalue weighted by atomic mass is 10.4. The first-order chi connectivity index (χ1) is 10.1. The molecule has 0 bridgehead atoms. The molecule has 21 heavy (non-hydrogen) atoms. The van der Waals surface area contributed by atoms with Gasteiger partial charge in [-0.1, -0.05) is 23.4 Å². The van der Waals surface area contributed by atoms with Gasteiger partial charge in [0.05, 0.1) is 22.4 Å². The average molecular weight is 364 g/mol. The van der Waals surface area contributed by atoms with Gasteiger partial charge in [0.15, 0.2) is 0 Å². The van der Waals surface area contributed by atoms with E-state index in [1.54, 1.807) is 23.7 Å². The van der Waals surface area contributed by atoms with Gasteiger partial charge < -0.3 is 9.32 Å². The molecule has 0 unspecified atom stereocenters. The summed E-state index contributed by atoms with van der Waals surface area (Å²) in [5, 5.41) is 8.23. The lowest BCUT2D eigenvalue weighted by Crippen LogP contribution is -2.27. The molecule has 0 aliphatic carbocycles. The van der Waals surface area contributed by atoms with Crippen LogP contribution < -0.4 is 0 Å². The molecule has 114 valence electrons. The van der Waals surface area contributed by atoms with E-state index >= 15 is 0 Å². The summed E-state index contributed by atoms with van der Waals surface area (Å²) in [5.74, 6) is 1.55. The van der Waals surface area contributed by atoms with Gasteiger partial charge in [0, 0.05) is 11.9 Å². The average Bonchev–Trinajstić information content (AvgIpc) is 3.06. The Morgan fingerprint density at radius 3 is 2.95 bits per heavy atom.